The number of nitrogens with zero attached hydrogens (tertiary/aromatic N) is 4. The molecule has 0 radical (unpaired) electrons. The number of amides is 1. The number of carbonyl (C=O) groups excluding carboxylic acids is 1. The summed E-state index contributed by atoms with van der Waals surface area (Å²) in [5, 5.41) is 2.95. The van der Waals surface area contributed by atoms with E-state index in [1.807, 2.05) is 44.3 Å². The average molecular weight is 373 g/mol. The Hall–Kier alpha value is -3.28. The fraction of sp³-hybridized carbons (Fsp3) is 0.273. The molecule has 3 aromatic heterocycles. The molecule has 6 nitrogen and oxygen atoms in total. The summed E-state index contributed by atoms with van der Waals surface area (Å²) in [4.78, 5) is 28.0. The molecule has 0 fully saturated rings. The minimum Gasteiger partial charge on any atom is -0.352 e. The monoisotopic (exact) mass is 373 g/mol. The number of aryl methyl sites for hydroxylation is 2. The van der Waals surface area contributed by atoms with Crippen molar-refractivity contribution in [3.63, 3.8) is 0 Å². The van der Waals surface area contributed by atoms with Crippen molar-refractivity contribution in [2.75, 3.05) is 11.4 Å². The fourth-order valence-corrected chi connectivity index (χ4v) is 3.57. The Labute approximate surface area is 164 Å². The van der Waals surface area contributed by atoms with Crippen LogP contribution in [0.4, 0.5) is 5.82 Å². The van der Waals surface area contributed by atoms with Crippen LogP contribution in [0.2, 0.25) is 0 Å². The van der Waals surface area contributed by atoms with E-state index in [0.29, 0.717) is 12.1 Å². The molecule has 142 valence electrons. The smallest absolute Gasteiger partial charge is 0.253 e. The zero-order valence-electron chi connectivity index (χ0n) is 16.1. The van der Waals surface area contributed by atoms with E-state index >= 15 is 0 Å². The molecule has 1 amide bonds. The SMILES string of the molecule is Cc1cc(CNC(=O)c2cnc(N3CCc4ncccc4C3)c(C)c2)ccn1. The Balaban J connectivity index is 1.45. The van der Waals surface area contributed by atoms with Crippen LogP contribution in [0.15, 0.2) is 48.9 Å². The molecule has 0 bridgehead atoms. The molecule has 28 heavy (non-hydrogen) atoms. The molecular weight excluding hydrogens is 350 g/mol. The van der Waals surface area contributed by atoms with Crippen LogP contribution in [0, 0.1) is 13.8 Å². The first kappa shape index (κ1) is 18.1. The number of pyridine rings is 3. The van der Waals surface area contributed by atoms with Crippen molar-refractivity contribution < 1.29 is 4.79 Å². The summed E-state index contributed by atoms with van der Waals surface area (Å²) >= 11 is 0. The molecule has 0 spiro atoms. The lowest BCUT2D eigenvalue weighted by atomic mass is 10.0. The molecule has 1 N–H and O–H groups in total. The van der Waals surface area contributed by atoms with Gasteiger partial charge in [0, 0.05) is 56.0 Å². The number of rotatable bonds is 4. The number of aromatic nitrogens is 3. The number of fused-ring (bicyclic) bond motifs is 1. The molecule has 3 aromatic rings. The van der Waals surface area contributed by atoms with E-state index in [0.717, 1.165) is 42.1 Å². The van der Waals surface area contributed by atoms with Gasteiger partial charge in [0.1, 0.15) is 5.82 Å². The lowest BCUT2D eigenvalue weighted by Crippen LogP contribution is -2.32. The van der Waals surface area contributed by atoms with Gasteiger partial charge < -0.3 is 10.2 Å². The van der Waals surface area contributed by atoms with Gasteiger partial charge >= 0.3 is 0 Å². The lowest BCUT2D eigenvalue weighted by Gasteiger charge is -2.30. The molecule has 0 aromatic carbocycles. The van der Waals surface area contributed by atoms with Gasteiger partial charge in [-0.3, -0.25) is 14.8 Å². The molecular formula is C22H23N5O. The van der Waals surface area contributed by atoms with Crippen molar-refractivity contribution >= 4 is 11.7 Å². The van der Waals surface area contributed by atoms with Gasteiger partial charge in [0.2, 0.25) is 0 Å². The van der Waals surface area contributed by atoms with Gasteiger partial charge in [0.15, 0.2) is 0 Å². The molecule has 0 unspecified atom stereocenters. The highest BCUT2D eigenvalue weighted by atomic mass is 16.1. The number of nitrogens with one attached hydrogen (secondary N) is 1. The molecule has 0 atom stereocenters. The van der Waals surface area contributed by atoms with Gasteiger partial charge in [0.25, 0.3) is 5.91 Å². The third-order valence-corrected chi connectivity index (χ3v) is 4.99. The van der Waals surface area contributed by atoms with Gasteiger partial charge in [0.05, 0.1) is 5.56 Å². The third kappa shape index (κ3) is 3.86. The van der Waals surface area contributed by atoms with Crippen LogP contribution < -0.4 is 10.2 Å². The third-order valence-electron chi connectivity index (χ3n) is 4.99. The minimum absolute atomic E-state index is 0.121. The van der Waals surface area contributed by atoms with Crippen molar-refractivity contribution in [2.45, 2.75) is 33.4 Å². The first-order chi connectivity index (χ1) is 13.6. The summed E-state index contributed by atoms with van der Waals surface area (Å²) < 4.78 is 0. The highest BCUT2D eigenvalue weighted by Gasteiger charge is 2.20. The van der Waals surface area contributed by atoms with Crippen molar-refractivity contribution in [2.24, 2.45) is 0 Å². The Morgan fingerprint density at radius 3 is 2.86 bits per heavy atom. The molecule has 4 heterocycles. The van der Waals surface area contributed by atoms with E-state index in [9.17, 15) is 4.79 Å². The highest BCUT2D eigenvalue weighted by Crippen LogP contribution is 2.24. The standard InChI is InChI=1S/C22H23N5O/c1-15-10-19(22(28)26-12-17-5-8-23-16(2)11-17)13-25-21(15)27-9-6-20-18(14-27)4-3-7-24-20/h3-5,7-8,10-11,13H,6,9,12,14H2,1-2H3,(H,26,28). The van der Waals surface area contributed by atoms with E-state index in [-0.39, 0.29) is 5.91 Å². The van der Waals surface area contributed by atoms with Crippen LogP contribution in [-0.4, -0.2) is 27.4 Å². The number of hydrogen-bond acceptors (Lipinski definition) is 5. The van der Waals surface area contributed by atoms with Crippen LogP contribution in [0.25, 0.3) is 0 Å². The summed E-state index contributed by atoms with van der Waals surface area (Å²) in [6, 6.07) is 9.87. The maximum absolute atomic E-state index is 12.5. The normalized spacial score (nSPS) is 13.1. The van der Waals surface area contributed by atoms with Crippen LogP contribution in [0.5, 0.6) is 0 Å². The minimum atomic E-state index is -0.121. The summed E-state index contributed by atoms with van der Waals surface area (Å²) in [5.74, 6) is 0.806. The predicted octanol–water partition coefficient (Wildman–Crippen LogP) is 2.98. The molecule has 0 saturated carbocycles. The van der Waals surface area contributed by atoms with Gasteiger partial charge in [-0.05, 0) is 54.8 Å². The summed E-state index contributed by atoms with van der Waals surface area (Å²) in [7, 11) is 0. The van der Waals surface area contributed by atoms with Crippen molar-refractivity contribution in [1.82, 2.24) is 20.3 Å². The highest BCUT2D eigenvalue weighted by molar-refractivity contribution is 5.94. The van der Waals surface area contributed by atoms with E-state index in [4.69, 9.17) is 0 Å². The average Bonchev–Trinajstić information content (AvgIpc) is 2.71. The number of carbonyl (C=O) groups is 1. The van der Waals surface area contributed by atoms with Crippen LogP contribution in [0.3, 0.4) is 0 Å². The topological polar surface area (TPSA) is 71.0 Å². The fourth-order valence-electron chi connectivity index (χ4n) is 3.57. The van der Waals surface area contributed by atoms with Crippen molar-refractivity contribution in [3.05, 3.63) is 82.6 Å². The van der Waals surface area contributed by atoms with Crippen molar-refractivity contribution in [1.29, 1.82) is 0 Å². The Kier molecular flexibility index (Phi) is 5.02. The molecule has 1 aliphatic rings. The molecule has 1 aliphatic heterocycles. The summed E-state index contributed by atoms with van der Waals surface area (Å²) in [5.41, 5.74) is 5.95. The molecule has 0 aliphatic carbocycles. The predicted molar refractivity (Wildman–Crippen MR) is 108 cm³/mol. The summed E-state index contributed by atoms with van der Waals surface area (Å²) in [6.07, 6.45) is 6.17. The van der Waals surface area contributed by atoms with E-state index < -0.39 is 0 Å². The van der Waals surface area contributed by atoms with Crippen molar-refractivity contribution in [3.8, 4) is 0 Å². The maximum Gasteiger partial charge on any atom is 0.253 e. The second kappa shape index (κ2) is 7.76. The Bertz CT molecular complexity index is 1020. The van der Waals surface area contributed by atoms with Gasteiger partial charge in [-0.2, -0.15) is 0 Å². The van der Waals surface area contributed by atoms with Crippen LogP contribution in [0.1, 0.15) is 38.4 Å². The quantitative estimate of drug-likeness (QED) is 0.761. The second-order valence-electron chi connectivity index (χ2n) is 7.13. The maximum atomic E-state index is 12.5. The Morgan fingerprint density at radius 1 is 1.14 bits per heavy atom. The zero-order valence-corrected chi connectivity index (χ0v) is 16.1. The second-order valence-corrected chi connectivity index (χ2v) is 7.13. The van der Waals surface area contributed by atoms with Gasteiger partial charge in [-0.15, -0.1) is 0 Å². The molecule has 4 rings (SSSR count). The van der Waals surface area contributed by atoms with Gasteiger partial charge in [-0.25, -0.2) is 4.98 Å². The van der Waals surface area contributed by atoms with Crippen LogP contribution in [-0.2, 0) is 19.5 Å². The first-order valence-electron chi connectivity index (χ1n) is 9.44. The van der Waals surface area contributed by atoms with E-state index in [2.05, 4.69) is 31.2 Å². The lowest BCUT2D eigenvalue weighted by molar-refractivity contribution is 0.0950. The largest absolute Gasteiger partial charge is 0.352 e. The van der Waals surface area contributed by atoms with E-state index in [1.54, 1.807) is 12.4 Å². The number of anilines is 1. The molecule has 0 saturated heterocycles. The van der Waals surface area contributed by atoms with Gasteiger partial charge in [-0.1, -0.05) is 6.07 Å². The zero-order chi connectivity index (χ0) is 19.5. The van der Waals surface area contributed by atoms with E-state index in [1.165, 1.54) is 11.3 Å². The van der Waals surface area contributed by atoms with Crippen LogP contribution >= 0.6 is 0 Å². The number of hydrogen-bond donors (Lipinski definition) is 1. The Morgan fingerprint density at radius 2 is 2.04 bits per heavy atom. The first-order valence-corrected chi connectivity index (χ1v) is 9.44. The molecule has 6 heteroatoms. The summed E-state index contributed by atoms with van der Waals surface area (Å²) in [6.45, 7) is 6.09.